The van der Waals surface area contributed by atoms with Crippen LogP contribution < -0.4 is 9.80 Å². The molecule has 7 heteroatoms. The molecule has 3 heterocycles. The summed E-state index contributed by atoms with van der Waals surface area (Å²) in [6, 6.07) is 9.57. The SMILES string of the molecule is FC(F)(F)c1ccc(N2CC3CSCCN3c3ncccc32)cc1. The van der Waals surface area contributed by atoms with Crippen molar-refractivity contribution < 1.29 is 13.2 Å². The van der Waals surface area contributed by atoms with Gasteiger partial charge in [-0.15, -0.1) is 0 Å². The van der Waals surface area contributed by atoms with E-state index in [0.29, 0.717) is 6.04 Å². The normalized spacial score (nSPS) is 20.5. The van der Waals surface area contributed by atoms with Gasteiger partial charge in [0.1, 0.15) is 0 Å². The Balaban J connectivity index is 1.72. The number of alkyl halides is 3. The van der Waals surface area contributed by atoms with Crippen molar-refractivity contribution in [1.82, 2.24) is 4.98 Å². The number of anilines is 3. The first-order valence-electron chi connectivity index (χ1n) is 7.78. The number of hydrogen-bond acceptors (Lipinski definition) is 4. The van der Waals surface area contributed by atoms with Crippen LogP contribution in [0.15, 0.2) is 42.6 Å². The quantitative estimate of drug-likeness (QED) is 0.768. The van der Waals surface area contributed by atoms with Crippen LogP contribution in [0.4, 0.5) is 30.4 Å². The maximum Gasteiger partial charge on any atom is 0.416 e. The molecule has 2 aliphatic heterocycles. The van der Waals surface area contributed by atoms with E-state index in [1.54, 1.807) is 18.3 Å². The van der Waals surface area contributed by atoms with E-state index in [0.717, 1.165) is 53.9 Å². The highest BCUT2D eigenvalue weighted by atomic mass is 32.2. The molecule has 3 nitrogen and oxygen atoms in total. The largest absolute Gasteiger partial charge is 0.416 e. The average Bonchev–Trinajstić information content (AvgIpc) is 2.60. The number of aromatic nitrogens is 1. The first kappa shape index (κ1) is 15.6. The molecular weight excluding hydrogens is 335 g/mol. The minimum absolute atomic E-state index is 0.327. The molecule has 1 aromatic carbocycles. The van der Waals surface area contributed by atoms with Crippen LogP contribution in [0.5, 0.6) is 0 Å². The highest BCUT2D eigenvalue weighted by molar-refractivity contribution is 7.99. The summed E-state index contributed by atoms with van der Waals surface area (Å²) in [6.07, 6.45) is -2.54. The highest BCUT2D eigenvalue weighted by Gasteiger charge is 2.35. The lowest BCUT2D eigenvalue weighted by molar-refractivity contribution is -0.137. The maximum atomic E-state index is 12.8. The summed E-state index contributed by atoms with van der Waals surface area (Å²) < 4.78 is 38.4. The van der Waals surface area contributed by atoms with E-state index in [-0.39, 0.29) is 0 Å². The van der Waals surface area contributed by atoms with Crippen molar-refractivity contribution in [2.45, 2.75) is 12.2 Å². The van der Waals surface area contributed by atoms with Gasteiger partial charge in [0.2, 0.25) is 0 Å². The summed E-state index contributed by atoms with van der Waals surface area (Å²) in [5, 5.41) is 0. The lowest BCUT2D eigenvalue weighted by atomic mass is 10.1. The molecule has 0 spiro atoms. The van der Waals surface area contributed by atoms with Crippen molar-refractivity contribution in [3.05, 3.63) is 48.2 Å². The van der Waals surface area contributed by atoms with E-state index in [9.17, 15) is 13.2 Å². The maximum absolute atomic E-state index is 12.8. The second-order valence-electron chi connectivity index (χ2n) is 5.92. The topological polar surface area (TPSA) is 19.4 Å². The predicted molar refractivity (Wildman–Crippen MR) is 91.1 cm³/mol. The Bertz CT molecular complexity index is 733. The minimum atomic E-state index is -4.31. The Morgan fingerprint density at radius 1 is 1.12 bits per heavy atom. The van der Waals surface area contributed by atoms with Gasteiger partial charge in [0.25, 0.3) is 0 Å². The van der Waals surface area contributed by atoms with Crippen LogP contribution in [0.1, 0.15) is 5.56 Å². The average molecular weight is 351 g/mol. The van der Waals surface area contributed by atoms with Gasteiger partial charge in [-0.05, 0) is 36.4 Å². The van der Waals surface area contributed by atoms with Crippen LogP contribution in [-0.2, 0) is 6.18 Å². The van der Waals surface area contributed by atoms with Crippen LogP contribution in [0.3, 0.4) is 0 Å². The van der Waals surface area contributed by atoms with E-state index in [4.69, 9.17) is 0 Å². The standard InChI is InChI=1S/C17H16F3N3S/c18-17(19,20)12-3-5-13(6-4-12)23-10-14-11-24-9-8-22(14)16-15(23)2-1-7-21-16/h1-7,14H,8-11H2. The molecule has 1 fully saturated rings. The van der Waals surface area contributed by atoms with Crippen molar-refractivity contribution in [3.8, 4) is 0 Å². The van der Waals surface area contributed by atoms with Gasteiger partial charge in [-0.3, -0.25) is 0 Å². The molecule has 0 aliphatic carbocycles. The Morgan fingerprint density at radius 2 is 1.92 bits per heavy atom. The Kier molecular flexibility index (Phi) is 3.83. The molecule has 24 heavy (non-hydrogen) atoms. The highest BCUT2D eigenvalue weighted by Crippen LogP contribution is 2.40. The first-order chi connectivity index (χ1) is 11.5. The number of nitrogens with zero attached hydrogens (tertiary/aromatic N) is 3. The first-order valence-corrected chi connectivity index (χ1v) is 8.94. The minimum Gasteiger partial charge on any atom is -0.348 e. The number of thioether (sulfide) groups is 1. The van der Waals surface area contributed by atoms with Gasteiger partial charge in [-0.25, -0.2) is 4.98 Å². The van der Waals surface area contributed by atoms with Crippen molar-refractivity contribution in [2.24, 2.45) is 0 Å². The summed E-state index contributed by atoms with van der Waals surface area (Å²) in [7, 11) is 0. The van der Waals surface area contributed by atoms with Crippen LogP contribution in [0.25, 0.3) is 0 Å². The molecule has 0 radical (unpaired) electrons. The Hall–Kier alpha value is -1.89. The molecule has 1 unspecified atom stereocenters. The second kappa shape index (κ2) is 5.88. The smallest absolute Gasteiger partial charge is 0.348 e. The van der Waals surface area contributed by atoms with E-state index in [2.05, 4.69) is 14.8 Å². The summed E-state index contributed by atoms with van der Waals surface area (Å²) >= 11 is 1.91. The zero-order chi connectivity index (χ0) is 16.7. The number of pyridine rings is 1. The van der Waals surface area contributed by atoms with Crippen molar-refractivity contribution in [2.75, 3.05) is 34.4 Å². The fourth-order valence-electron chi connectivity index (χ4n) is 3.29. The van der Waals surface area contributed by atoms with Crippen molar-refractivity contribution in [1.29, 1.82) is 0 Å². The lowest BCUT2D eigenvalue weighted by Gasteiger charge is -2.45. The molecular formula is C17H16F3N3S. The van der Waals surface area contributed by atoms with Crippen molar-refractivity contribution in [3.63, 3.8) is 0 Å². The van der Waals surface area contributed by atoms with E-state index < -0.39 is 11.7 Å². The van der Waals surface area contributed by atoms with Gasteiger partial charge >= 0.3 is 6.18 Å². The molecule has 0 bridgehead atoms. The zero-order valence-electron chi connectivity index (χ0n) is 12.8. The summed E-state index contributed by atoms with van der Waals surface area (Å²) in [5.41, 5.74) is 1.11. The fraction of sp³-hybridized carbons (Fsp3) is 0.353. The van der Waals surface area contributed by atoms with Gasteiger partial charge < -0.3 is 9.80 Å². The van der Waals surface area contributed by atoms with Crippen molar-refractivity contribution >= 4 is 29.0 Å². The Morgan fingerprint density at radius 3 is 2.67 bits per heavy atom. The van der Waals surface area contributed by atoms with Gasteiger partial charge in [-0.2, -0.15) is 24.9 Å². The monoisotopic (exact) mass is 351 g/mol. The number of fused-ring (bicyclic) bond motifs is 3. The third-order valence-electron chi connectivity index (χ3n) is 4.46. The summed E-state index contributed by atoms with van der Waals surface area (Å²) in [4.78, 5) is 8.94. The van der Waals surface area contributed by atoms with Gasteiger partial charge in [0.05, 0.1) is 17.3 Å². The molecule has 2 aliphatic rings. The lowest BCUT2D eigenvalue weighted by Crippen LogP contribution is -2.52. The molecule has 0 amide bonds. The number of benzene rings is 1. The van der Waals surface area contributed by atoms with Gasteiger partial charge in [0.15, 0.2) is 5.82 Å². The van der Waals surface area contributed by atoms with Crippen LogP contribution in [0, 0.1) is 0 Å². The molecule has 0 N–H and O–H groups in total. The van der Waals surface area contributed by atoms with Gasteiger partial charge in [0, 0.05) is 36.5 Å². The fourth-order valence-corrected chi connectivity index (χ4v) is 4.34. The number of hydrogen-bond donors (Lipinski definition) is 0. The molecule has 1 saturated heterocycles. The van der Waals surface area contributed by atoms with Crippen LogP contribution in [-0.4, -0.2) is 35.6 Å². The van der Waals surface area contributed by atoms with E-state index >= 15 is 0 Å². The van der Waals surface area contributed by atoms with Crippen LogP contribution in [0.2, 0.25) is 0 Å². The second-order valence-corrected chi connectivity index (χ2v) is 7.07. The third kappa shape index (κ3) is 2.70. The zero-order valence-corrected chi connectivity index (χ0v) is 13.6. The molecule has 2 aromatic rings. The molecule has 126 valence electrons. The molecule has 0 saturated carbocycles. The van der Waals surface area contributed by atoms with Crippen LogP contribution >= 0.6 is 11.8 Å². The van der Waals surface area contributed by atoms with E-state index in [1.165, 1.54) is 0 Å². The summed E-state index contributed by atoms with van der Waals surface area (Å²) in [6.45, 7) is 1.72. The Labute approximate surface area is 142 Å². The predicted octanol–water partition coefficient (Wildman–Crippen LogP) is 4.17. The summed E-state index contributed by atoms with van der Waals surface area (Å²) in [5.74, 6) is 3.01. The van der Waals surface area contributed by atoms with Gasteiger partial charge in [-0.1, -0.05) is 0 Å². The number of rotatable bonds is 1. The number of halogens is 3. The molecule has 4 rings (SSSR count). The van der Waals surface area contributed by atoms with E-state index in [1.807, 2.05) is 23.9 Å². The third-order valence-corrected chi connectivity index (χ3v) is 5.55. The molecule has 1 aromatic heterocycles. The molecule has 1 atom stereocenters.